The van der Waals surface area contributed by atoms with Crippen LogP contribution in [0.4, 0.5) is 0 Å². The standard InChI is InChI=1S/C17H22NOP.C15H18NOP.C2H6/c1-13(2)19-16-11-7-6-10-15(16)12-18-17(20)14-8-4-3-5-9-14;1-17-14-9-5-6-12(10-14)11-16-15(18)13-7-3-2-4-8-13;1-2/h3-11,13,17-18H,12,20H2,1-2H3;2-10,15-16H,11,18H2,1H3;1-2H3. The van der Waals surface area contributed by atoms with E-state index < -0.39 is 0 Å². The van der Waals surface area contributed by atoms with Crippen LogP contribution in [0.25, 0.3) is 0 Å². The van der Waals surface area contributed by atoms with Crippen molar-refractivity contribution in [1.82, 2.24) is 10.6 Å². The molecule has 0 radical (unpaired) electrons. The van der Waals surface area contributed by atoms with Crippen LogP contribution in [0.1, 0.15) is 61.5 Å². The quantitative estimate of drug-likeness (QED) is 0.176. The smallest absolute Gasteiger partial charge is 0.124 e. The fraction of sp³-hybridized carbons (Fsp3) is 0.294. The van der Waals surface area contributed by atoms with Crippen LogP contribution in [0.2, 0.25) is 0 Å². The van der Waals surface area contributed by atoms with Crippen molar-refractivity contribution >= 4 is 18.5 Å². The summed E-state index contributed by atoms with van der Waals surface area (Å²) in [6, 6.07) is 37.1. The molecule has 0 aliphatic carbocycles. The van der Waals surface area contributed by atoms with E-state index in [2.05, 4.69) is 95.8 Å². The summed E-state index contributed by atoms with van der Waals surface area (Å²) in [5.41, 5.74) is 4.94. The Kier molecular flexibility index (Phi) is 16.2. The summed E-state index contributed by atoms with van der Waals surface area (Å²) in [6.45, 7) is 9.70. The monoisotopic (exact) mass is 576 g/mol. The van der Waals surface area contributed by atoms with Crippen molar-refractivity contribution in [2.24, 2.45) is 0 Å². The Bertz CT molecular complexity index is 1210. The van der Waals surface area contributed by atoms with E-state index in [1.807, 2.05) is 70.2 Å². The van der Waals surface area contributed by atoms with E-state index in [9.17, 15) is 0 Å². The Hall–Kier alpha value is -2.74. The van der Waals surface area contributed by atoms with Gasteiger partial charge in [-0.3, -0.25) is 0 Å². The molecule has 0 aliphatic heterocycles. The van der Waals surface area contributed by atoms with Gasteiger partial charge in [-0.15, -0.1) is 18.5 Å². The molecule has 40 heavy (non-hydrogen) atoms. The molecule has 0 spiro atoms. The van der Waals surface area contributed by atoms with Gasteiger partial charge in [0, 0.05) is 30.2 Å². The fourth-order valence-electron chi connectivity index (χ4n) is 3.81. The molecule has 4 aromatic rings. The summed E-state index contributed by atoms with van der Waals surface area (Å²) in [4.78, 5) is 0. The maximum atomic E-state index is 5.84. The van der Waals surface area contributed by atoms with Gasteiger partial charge >= 0.3 is 0 Å². The molecule has 0 fully saturated rings. The number of hydrogen-bond acceptors (Lipinski definition) is 4. The van der Waals surface area contributed by atoms with Crippen LogP contribution in [0.5, 0.6) is 11.5 Å². The fourth-order valence-corrected chi connectivity index (χ4v) is 4.49. The Morgan fingerprint density at radius 1 is 0.650 bits per heavy atom. The Morgan fingerprint density at radius 3 is 1.73 bits per heavy atom. The first-order valence-corrected chi connectivity index (χ1v) is 15.2. The Morgan fingerprint density at radius 2 is 1.18 bits per heavy atom. The highest BCUT2D eigenvalue weighted by molar-refractivity contribution is 7.17. The molecule has 6 heteroatoms. The van der Waals surface area contributed by atoms with Crippen LogP contribution in [-0.4, -0.2) is 13.2 Å². The predicted octanol–water partition coefficient (Wildman–Crippen LogP) is 8.52. The van der Waals surface area contributed by atoms with Gasteiger partial charge in [-0.2, -0.15) is 0 Å². The van der Waals surface area contributed by atoms with E-state index in [0.29, 0.717) is 0 Å². The van der Waals surface area contributed by atoms with Crippen molar-refractivity contribution in [3.63, 3.8) is 0 Å². The van der Waals surface area contributed by atoms with Gasteiger partial charge in [0.15, 0.2) is 0 Å². The van der Waals surface area contributed by atoms with Crippen LogP contribution in [-0.2, 0) is 13.1 Å². The van der Waals surface area contributed by atoms with Gasteiger partial charge in [0.25, 0.3) is 0 Å². The lowest BCUT2D eigenvalue weighted by Gasteiger charge is -2.17. The highest BCUT2D eigenvalue weighted by Gasteiger charge is 2.08. The highest BCUT2D eigenvalue weighted by Crippen LogP contribution is 2.24. The molecule has 4 rings (SSSR count). The first kappa shape index (κ1) is 33.5. The van der Waals surface area contributed by atoms with Crippen molar-refractivity contribution in [3.8, 4) is 11.5 Å². The zero-order valence-electron chi connectivity index (χ0n) is 24.5. The van der Waals surface area contributed by atoms with Crippen molar-refractivity contribution in [3.05, 3.63) is 131 Å². The van der Waals surface area contributed by atoms with Gasteiger partial charge in [-0.1, -0.05) is 105 Å². The van der Waals surface area contributed by atoms with Crippen molar-refractivity contribution in [2.45, 2.75) is 58.5 Å². The third-order valence-corrected chi connectivity index (χ3v) is 7.07. The van der Waals surface area contributed by atoms with Crippen LogP contribution < -0.4 is 20.1 Å². The van der Waals surface area contributed by atoms with Gasteiger partial charge in [0.2, 0.25) is 0 Å². The van der Waals surface area contributed by atoms with E-state index >= 15 is 0 Å². The van der Waals surface area contributed by atoms with Gasteiger partial charge in [0.05, 0.1) is 13.2 Å². The molecule has 4 nitrogen and oxygen atoms in total. The molecule has 4 atom stereocenters. The van der Waals surface area contributed by atoms with E-state index in [1.165, 1.54) is 22.3 Å². The second-order valence-corrected chi connectivity index (χ2v) is 10.5. The van der Waals surface area contributed by atoms with Gasteiger partial charge in [-0.05, 0) is 48.7 Å². The molecule has 2 N–H and O–H groups in total. The molecule has 4 aromatic carbocycles. The topological polar surface area (TPSA) is 42.5 Å². The number of rotatable bonds is 11. The number of para-hydroxylation sites is 1. The van der Waals surface area contributed by atoms with Gasteiger partial charge < -0.3 is 20.1 Å². The summed E-state index contributed by atoms with van der Waals surface area (Å²) >= 11 is 0. The van der Waals surface area contributed by atoms with Crippen molar-refractivity contribution < 1.29 is 9.47 Å². The minimum atomic E-state index is 0.192. The first-order chi connectivity index (χ1) is 19.5. The second-order valence-electron chi connectivity index (χ2n) is 9.16. The normalized spacial score (nSPS) is 11.8. The molecule has 0 heterocycles. The molecule has 0 amide bonds. The number of nitrogens with one attached hydrogen (secondary N) is 2. The molecular formula is C34H46N2O2P2. The lowest BCUT2D eigenvalue weighted by atomic mass is 10.2. The highest BCUT2D eigenvalue weighted by atomic mass is 31.0. The van der Waals surface area contributed by atoms with E-state index in [4.69, 9.17) is 9.47 Å². The summed E-state index contributed by atoms with van der Waals surface area (Å²) < 4.78 is 11.0. The number of benzene rings is 4. The zero-order chi connectivity index (χ0) is 29.2. The number of methoxy groups -OCH3 is 1. The molecule has 214 valence electrons. The van der Waals surface area contributed by atoms with Gasteiger partial charge in [0.1, 0.15) is 11.5 Å². The third-order valence-electron chi connectivity index (χ3n) is 5.83. The van der Waals surface area contributed by atoms with Gasteiger partial charge in [-0.25, -0.2) is 0 Å². The van der Waals surface area contributed by atoms with Crippen LogP contribution in [0, 0.1) is 0 Å². The Balaban J connectivity index is 0.000000265. The lowest BCUT2D eigenvalue weighted by Crippen LogP contribution is -2.17. The molecule has 0 saturated heterocycles. The van der Waals surface area contributed by atoms with Crippen molar-refractivity contribution in [1.29, 1.82) is 0 Å². The van der Waals surface area contributed by atoms with Crippen LogP contribution in [0.3, 0.4) is 0 Å². The maximum absolute atomic E-state index is 5.84. The van der Waals surface area contributed by atoms with Crippen LogP contribution >= 0.6 is 18.5 Å². The largest absolute Gasteiger partial charge is 0.497 e. The molecule has 0 bridgehead atoms. The third kappa shape index (κ3) is 12.2. The molecular weight excluding hydrogens is 530 g/mol. The SMILES string of the molecule is CC.CC(C)Oc1ccccc1CNC(P)c1ccccc1.COc1cccc(CNC(P)c2ccccc2)c1. The summed E-state index contributed by atoms with van der Waals surface area (Å²) in [6.07, 6.45) is 0.192. The Labute approximate surface area is 246 Å². The van der Waals surface area contributed by atoms with E-state index in [-0.39, 0.29) is 17.7 Å². The summed E-state index contributed by atoms with van der Waals surface area (Å²) in [5.74, 6) is 2.36. The first-order valence-electron chi connectivity index (χ1n) is 13.9. The van der Waals surface area contributed by atoms with Crippen LogP contribution in [0.15, 0.2) is 109 Å². The predicted molar refractivity (Wildman–Crippen MR) is 178 cm³/mol. The van der Waals surface area contributed by atoms with Crippen molar-refractivity contribution in [2.75, 3.05) is 7.11 Å². The maximum Gasteiger partial charge on any atom is 0.124 e. The minimum Gasteiger partial charge on any atom is -0.497 e. The molecule has 4 unspecified atom stereocenters. The zero-order valence-corrected chi connectivity index (χ0v) is 26.8. The summed E-state index contributed by atoms with van der Waals surface area (Å²) in [5, 5.41) is 6.99. The average molecular weight is 577 g/mol. The number of ether oxygens (including phenoxy) is 2. The van der Waals surface area contributed by atoms with E-state index in [0.717, 1.165) is 24.6 Å². The second kappa shape index (κ2) is 19.4. The average Bonchev–Trinajstić information content (AvgIpc) is 3.01. The number of hydrogen-bond donors (Lipinski definition) is 2. The molecule has 0 aromatic heterocycles. The lowest BCUT2D eigenvalue weighted by molar-refractivity contribution is 0.239. The summed E-state index contributed by atoms with van der Waals surface area (Å²) in [7, 11) is 7.36. The minimum absolute atomic E-state index is 0.192. The van der Waals surface area contributed by atoms with E-state index in [1.54, 1.807) is 7.11 Å². The molecule has 0 aliphatic rings. The molecule has 0 saturated carbocycles.